The molecule has 1 saturated heterocycles. The number of aliphatic carboxylic acids is 1. The number of amides is 1. The summed E-state index contributed by atoms with van der Waals surface area (Å²) < 4.78 is 103. The van der Waals surface area contributed by atoms with Crippen LogP contribution in [-0.4, -0.2) is 60.9 Å². The maximum Gasteiger partial charge on any atom is 0.422 e. The summed E-state index contributed by atoms with van der Waals surface area (Å²) in [5, 5.41) is 11.6. The number of carbonyl (C=O) groups excluding carboxylic acids is 1. The van der Waals surface area contributed by atoms with Crippen LogP contribution in [0.3, 0.4) is 0 Å². The van der Waals surface area contributed by atoms with E-state index in [2.05, 4.69) is 14.8 Å². The Bertz CT molecular complexity index is 936. The van der Waals surface area contributed by atoms with E-state index in [-0.39, 0.29) is 5.69 Å². The van der Waals surface area contributed by atoms with E-state index >= 15 is 0 Å². The number of benzene rings is 1. The molecule has 7 nitrogen and oxygen atoms in total. The smallest absolute Gasteiger partial charge is 0.422 e. The first kappa shape index (κ1) is 24.6. The van der Waals surface area contributed by atoms with Gasteiger partial charge in [-0.1, -0.05) is 12.2 Å². The van der Waals surface area contributed by atoms with Gasteiger partial charge in [0, 0.05) is 23.9 Å². The second kappa shape index (κ2) is 9.08. The van der Waals surface area contributed by atoms with Crippen LogP contribution in [0.15, 0.2) is 30.4 Å². The predicted octanol–water partition coefficient (Wildman–Crippen LogP) is 3.50. The number of halogens is 7. The molecule has 33 heavy (non-hydrogen) atoms. The van der Waals surface area contributed by atoms with Crippen molar-refractivity contribution < 1.29 is 59.6 Å². The van der Waals surface area contributed by atoms with Crippen molar-refractivity contribution in [2.45, 2.75) is 30.7 Å². The van der Waals surface area contributed by atoms with Gasteiger partial charge in [-0.2, -0.15) is 22.0 Å². The van der Waals surface area contributed by atoms with Gasteiger partial charge in [-0.15, -0.1) is 0 Å². The van der Waals surface area contributed by atoms with Crippen LogP contribution in [0.4, 0.5) is 36.4 Å². The Morgan fingerprint density at radius 1 is 0.970 bits per heavy atom. The van der Waals surface area contributed by atoms with Crippen LogP contribution in [0.2, 0.25) is 0 Å². The highest BCUT2D eigenvalue weighted by atomic mass is 19.4. The van der Waals surface area contributed by atoms with Crippen molar-refractivity contribution in [1.82, 2.24) is 0 Å². The van der Waals surface area contributed by atoms with E-state index in [0.717, 1.165) is 18.2 Å². The molecule has 2 aliphatic rings. The SMILES string of the molecule is O=C(O)[C@@H]1[C@@H](C(=O)Nc2cc(OCC(F)(F)F)cc(OCC(F)(F)C(F)F)c2)[C@H]2C=C[C@H]1O2. The Balaban J connectivity index is 1.81. The maximum atomic E-state index is 13.2. The average Bonchev–Trinajstić information content (AvgIpc) is 3.32. The zero-order valence-electron chi connectivity index (χ0n) is 16.3. The molecule has 4 atom stereocenters. The van der Waals surface area contributed by atoms with Gasteiger partial charge in [-0.3, -0.25) is 9.59 Å². The molecule has 0 unspecified atom stereocenters. The zero-order valence-corrected chi connectivity index (χ0v) is 16.3. The zero-order chi connectivity index (χ0) is 24.6. The topological polar surface area (TPSA) is 94.1 Å². The molecule has 1 aromatic carbocycles. The molecule has 1 amide bonds. The minimum Gasteiger partial charge on any atom is -0.487 e. The quantitative estimate of drug-likeness (QED) is 0.409. The van der Waals surface area contributed by atoms with E-state index in [4.69, 9.17) is 4.74 Å². The van der Waals surface area contributed by atoms with E-state index in [9.17, 15) is 45.4 Å². The van der Waals surface area contributed by atoms with Crippen molar-refractivity contribution in [3.8, 4) is 11.5 Å². The van der Waals surface area contributed by atoms with E-state index in [1.807, 2.05) is 0 Å². The third-order valence-corrected chi connectivity index (χ3v) is 4.79. The van der Waals surface area contributed by atoms with Gasteiger partial charge in [0.05, 0.1) is 18.1 Å². The Morgan fingerprint density at radius 3 is 2.03 bits per heavy atom. The monoisotopic (exact) mass is 487 g/mol. The molecule has 0 spiro atoms. The van der Waals surface area contributed by atoms with Crippen molar-refractivity contribution in [3.63, 3.8) is 0 Å². The number of fused-ring (bicyclic) bond motifs is 2. The number of carboxylic acids is 1. The first-order valence-electron chi connectivity index (χ1n) is 9.28. The van der Waals surface area contributed by atoms with E-state index in [1.54, 1.807) is 0 Å². The number of carboxylic acid groups (broad SMARTS) is 1. The summed E-state index contributed by atoms with van der Waals surface area (Å²) >= 11 is 0. The molecule has 2 bridgehead atoms. The molecule has 2 heterocycles. The van der Waals surface area contributed by atoms with Gasteiger partial charge in [-0.05, 0) is 0 Å². The van der Waals surface area contributed by atoms with Crippen LogP contribution in [0.25, 0.3) is 0 Å². The van der Waals surface area contributed by atoms with Gasteiger partial charge in [0.25, 0.3) is 0 Å². The molecule has 0 saturated carbocycles. The molecule has 2 aliphatic heterocycles. The molecule has 1 fully saturated rings. The summed E-state index contributed by atoms with van der Waals surface area (Å²) in [5.41, 5.74) is -0.300. The Hall–Kier alpha value is -3.03. The Kier molecular flexibility index (Phi) is 6.77. The van der Waals surface area contributed by atoms with Crippen LogP contribution in [0.5, 0.6) is 11.5 Å². The van der Waals surface area contributed by atoms with Crippen LogP contribution >= 0.6 is 0 Å². The first-order valence-corrected chi connectivity index (χ1v) is 9.28. The molecule has 3 rings (SSSR count). The fourth-order valence-electron chi connectivity index (χ4n) is 3.36. The highest BCUT2D eigenvalue weighted by Crippen LogP contribution is 2.40. The molecule has 2 N–H and O–H groups in total. The highest BCUT2D eigenvalue weighted by molar-refractivity contribution is 5.97. The van der Waals surface area contributed by atoms with Crippen LogP contribution in [-0.2, 0) is 14.3 Å². The van der Waals surface area contributed by atoms with Crippen molar-refractivity contribution >= 4 is 17.6 Å². The molecule has 0 radical (unpaired) electrons. The minimum absolute atomic E-state index is 0.300. The normalized spacial score (nSPS) is 24.2. The number of anilines is 1. The number of alkyl halides is 7. The minimum atomic E-state index is -4.76. The lowest BCUT2D eigenvalue weighted by atomic mass is 9.82. The molecule has 1 aromatic rings. The van der Waals surface area contributed by atoms with E-state index in [0.29, 0.717) is 0 Å². The highest BCUT2D eigenvalue weighted by Gasteiger charge is 2.53. The van der Waals surface area contributed by atoms with Gasteiger partial charge >= 0.3 is 24.5 Å². The van der Waals surface area contributed by atoms with Crippen molar-refractivity contribution in [2.24, 2.45) is 11.8 Å². The van der Waals surface area contributed by atoms with Crippen molar-refractivity contribution in [3.05, 3.63) is 30.4 Å². The first-order chi connectivity index (χ1) is 15.3. The standard InChI is InChI=1S/C19H16F7NO6/c20-17(21)18(22,23)6-31-9-3-8(4-10(5-9)32-7-19(24,25)26)27-15(28)13-11-1-2-12(33-11)14(13)16(29)30/h1-5,11-14,17H,6-7H2,(H,27,28)(H,29,30)/t11-,12-,13+,14+/m1/s1. The molecule has 182 valence electrons. The number of hydrogen-bond acceptors (Lipinski definition) is 5. The molecule has 0 aliphatic carbocycles. The van der Waals surface area contributed by atoms with Crippen LogP contribution in [0, 0.1) is 11.8 Å². The number of rotatable bonds is 9. The lowest BCUT2D eigenvalue weighted by molar-refractivity contribution is -0.153. The Labute approximate surface area is 181 Å². The van der Waals surface area contributed by atoms with Gasteiger partial charge in [0.15, 0.2) is 13.2 Å². The average molecular weight is 487 g/mol. The molecular formula is C19H16F7NO6. The van der Waals surface area contributed by atoms with Gasteiger partial charge in [0.2, 0.25) is 5.91 Å². The molecule has 0 aromatic heterocycles. The van der Waals surface area contributed by atoms with Crippen molar-refractivity contribution in [2.75, 3.05) is 18.5 Å². The van der Waals surface area contributed by atoms with Crippen LogP contribution in [0.1, 0.15) is 0 Å². The Morgan fingerprint density at radius 2 is 1.52 bits per heavy atom. The van der Waals surface area contributed by atoms with Gasteiger partial charge in [0.1, 0.15) is 17.4 Å². The lowest BCUT2D eigenvalue weighted by Crippen LogP contribution is -2.39. The fourth-order valence-corrected chi connectivity index (χ4v) is 3.36. The third kappa shape index (κ3) is 5.86. The number of carbonyl (C=O) groups is 2. The second-order valence-corrected chi connectivity index (χ2v) is 7.28. The van der Waals surface area contributed by atoms with Crippen LogP contribution < -0.4 is 14.8 Å². The summed E-state index contributed by atoms with van der Waals surface area (Å²) in [4.78, 5) is 24.2. The number of hydrogen-bond donors (Lipinski definition) is 2. The second-order valence-electron chi connectivity index (χ2n) is 7.28. The summed E-state index contributed by atoms with van der Waals surface area (Å²) in [5.74, 6) is -10.3. The summed E-state index contributed by atoms with van der Waals surface area (Å²) in [6.07, 6.45) is -7.56. The molecular weight excluding hydrogens is 471 g/mol. The van der Waals surface area contributed by atoms with E-state index in [1.165, 1.54) is 12.2 Å². The summed E-state index contributed by atoms with van der Waals surface area (Å²) in [6, 6.07) is 2.54. The summed E-state index contributed by atoms with van der Waals surface area (Å²) in [6.45, 7) is -3.57. The number of nitrogens with one attached hydrogen (secondary N) is 1. The largest absolute Gasteiger partial charge is 0.487 e. The lowest BCUT2D eigenvalue weighted by Gasteiger charge is -2.22. The molecule has 14 heteroatoms. The van der Waals surface area contributed by atoms with Crippen molar-refractivity contribution in [1.29, 1.82) is 0 Å². The third-order valence-electron chi connectivity index (χ3n) is 4.79. The predicted molar refractivity (Wildman–Crippen MR) is 95.5 cm³/mol. The van der Waals surface area contributed by atoms with E-state index < -0.39 is 79.2 Å². The summed E-state index contributed by atoms with van der Waals surface area (Å²) in [7, 11) is 0. The number of ether oxygens (including phenoxy) is 3. The maximum absolute atomic E-state index is 13.2. The van der Waals surface area contributed by atoms with Gasteiger partial charge < -0.3 is 24.6 Å². The van der Waals surface area contributed by atoms with Gasteiger partial charge in [-0.25, -0.2) is 8.78 Å². The fraction of sp³-hybridized carbons (Fsp3) is 0.474.